The summed E-state index contributed by atoms with van der Waals surface area (Å²) in [7, 11) is 3.40. The standard InChI is InChI=1S/C15H19F3N4O4/c1-19-5-3-10(4-6-19)9-20(2)14-12(21(23)24)7-11(15(16,17)18)8-13(14)22(25)26/h7-8,10H,3-6,9H2,1-2H3. The molecular formula is C15H19F3N4O4. The minimum Gasteiger partial charge on any atom is -0.363 e. The molecule has 26 heavy (non-hydrogen) atoms. The predicted octanol–water partition coefficient (Wildman–Crippen LogP) is 3.30. The van der Waals surface area contributed by atoms with Crippen LogP contribution in [-0.2, 0) is 6.18 Å². The highest BCUT2D eigenvalue weighted by molar-refractivity contribution is 5.76. The van der Waals surface area contributed by atoms with E-state index in [1.807, 2.05) is 7.05 Å². The van der Waals surface area contributed by atoms with Crippen molar-refractivity contribution >= 4 is 17.1 Å². The van der Waals surface area contributed by atoms with Crippen molar-refractivity contribution in [3.63, 3.8) is 0 Å². The SMILES string of the molecule is CN1CCC(CN(C)c2c([N+](=O)[O-])cc(C(F)(F)F)cc2[N+](=O)[O-])CC1. The molecule has 0 radical (unpaired) electrons. The zero-order valence-corrected chi connectivity index (χ0v) is 14.3. The van der Waals surface area contributed by atoms with Gasteiger partial charge in [-0.1, -0.05) is 0 Å². The van der Waals surface area contributed by atoms with Crippen LogP contribution in [0.15, 0.2) is 12.1 Å². The molecule has 0 aliphatic carbocycles. The van der Waals surface area contributed by atoms with Crippen LogP contribution in [0.4, 0.5) is 30.2 Å². The molecule has 0 amide bonds. The number of nitrogens with zero attached hydrogens (tertiary/aromatic N) is 4. The van der Waals surface area contributed by atoms with Crippen LogP contribution in [-0.4, -0.2) is 48.5 Å². The van der Waals surface area contributed by atoms with Gasteiger partial charge in [-0.2, -0.15) is 13.2 Å². The number of anilines is 1. The van der Waals surface area contributed by atoms with E-state index in [-0.39, 0.29) is 5.92 Å². The summed E-state index contributed by atoms with van der Waals surface area (Å²) in [5, 5.41) is 22.6. The summed E-state index contributed by atoms with van der Waals surface area (Å²) in [5.74, 6) is 0.151. The Bertz CT molecular complexity index is 668. The normalized spacial score (nSPS) is 16.5. The third-order valence-corrected chi connectivity index (χ3v) is 4.54. The van der Waals surface area contributed by atoms with Gasteiger partial charge in [0.25, 0.3) is 11.4 Å². The summed E-state index contributed by atoms with van der Waals surface area (Å²) < 4.78 is 38.9. The summed E-state index contributed by atoms with van der Waals surface area (Å²) in [6.45, 7) is 1.95. The van der Waals surface area contributed by atoms with Gasteiger partial charge in [0, 0.05) is 25.7 Å². The Morgan fingerprint density at radius 2 is 1.62 bits per heavy atom. The summed E-state index contributed by atoms with van der Waals surface area (Å²) in [6.07, 6.45) is -3.30. The first-order chi connectivity index (χ1) is 12.0. The Hall–Kier alpha value is -2.43. The summed E-state index contributed by atoms with van der Waals surface area (Å²) in [4.78, 5) is 24.0. The van der Waals surface area contributed by atoms with Gasteiger partial charge in [-0.15, -0.1) is 0 Å². The number of nitro groups is 2. The molecule has 8 nitrogen and oxygen atoms in total. The van der Waals surface area contributed by atoms with Gasteiger partial charge in [-0.3, -0.25) is 20.2 Å². The molecule has 1 aromatic carbocycles. The van der Waals surface area contributed by atoms with Crippen molar-refractivity contribution in [1.82, 2.24) is 4.90 Å². The summed E-state index contributed by atoms with van der Waals surface area (Å²) in [6, 6.07) is 0.709. The second kappa shape index (κ2) is 7.44. The number of alkyl halides is 3. The van der Waals surface area contributed by atoms with Crippen molar-refractivity contribution < 1.29 is 23.0 Å². The van der Waals surface area contributed by atoms with E-state index in [9.17, 15) is 33.4 Å². The number of rotatable bonds is 5. The lowest BCUT2D eigenvalue weighted by Crippen LogP contribution is -2.36. The Morgan fingerprint density at radius 3 is 2.00 bits per heavy atom. The number of likely N-dealkylation sites (tertiary alicyclic amines) is 1. The van der Waals surface area contributed by atoms with Gasteiger partial charge in [-0.05, 0) is 38.9 Å². The molecule has 0 bridgehead atoms. The Balaban J connectivity index is 2.44. The van der Waals surface area contributed by atoms with Crippen molar-refractivity contribution in [2.24, 2.45) is 5.92 Å². The second-order valence-electron chi connectivity index (χ2n) is 6.50. The van der Waals surface area contributed by atoms with E-state index in [0.29, 0.717) is 18.7 Å². The quantitative estimate of drug-likeness (QED) is 0.578. The molecular weight excluding hydrogens is 357 g/mol. The van der Waals surface area contributed by atoms with Gasteiger partial charge in [0.05, 0.1) is 15.4 Å². The second-order valence-corrected chi connectivity index (χ2v) is 6.50. The van der Waals surface area contributed by atoms with Gasteiger partial charge in [0.2, 0.25) is 0 Å². The maximum Gasteiger partial charge on any atom is 0.416 e. The van der Waals surface area contributed by atoms with E-state index in [1.54, 1.807) is 0 Å². The lowest BCUT2D eigenvalue weighted by Gasteiger charge is -2.32. The fraction of sp³-hybridized carbons (Fsp3) is 0.600. The molecule has 1 aliphatic heterocycles. The lowest BCUT2D eigenvalue weighted by molar-refractivity contribution is -0.393. The zero-order chi connectivity index (χ0) is 19.6. The molecule has 144 valence electrons. The first kappa shape index (κ1) is 19.9. The van der Waals surface area contributed by atoms with Crippen molar-refractivity contribution in [3.05, 3.63) is 37.9 Å². The van der Waals surface area contributed by atoms with E-state index in [0.717, 1.165) is 25.9 Å². The van der Waals surface area contributed by atoms with Gasteiger partial charge >= 0.3 is 6.18 Å². The van der Waals surface area contributed by atoms with E-state index < -0.39 is 38.6 Å². The third kappa shape index (κ3) is 4.40. The molecule has 0 aromatic heterocycles. The molecule has 1 aromatic rings. The van der Waals surface area contributed by atoms with Crippen LogP contribution < -0.4 is 4.90 Å². The van der Waals surface area contributed by atoms with Gasteiger partial charge in [0.15, 0.2) is 5.69 Å². The number of hydrogen-bond donors (Lipinski definition) is 0. The Labute approximate surface area is 147 Å². The number of benzene rings is 1. The molecule has 0 atom stereocenters. The average Bonchev–Trinajstić information content (AvgIpc) is 2.54. The maximum absolute atomic E-state index is 13.0. The molecule has 1 heterocycles. The fourth-order valence-electron chi connectivity index (χ4n) is 3.16. The van der Waals surface area contributed by atoms with Crippen LogP contribution in [0, 0.1) is 26.1 Å². The van der Waals surface area contributed by atoms with Crippen LogP contribution in [0.5, 0.6) is 0 Å². The Kier molecular flexibility index (Phi) is 5.69. The van der Waals surface area contributed by atoms with E-state index >= 15 is 0 Å². The van der Waals surface area contributed by atoms with Crippen LogP contribution in [0.25, 0.3) is 0 Å². The molecule has 1 saturated heterocycles. The van der Waals surface area contributed by atoms with Gasteiger partial charge < -0.3 is 9.80 Å². The number of halogens is 3. The lowest BCUT2D eigenvalue weighted by atomic mass is 9.96. The monoisotopic (exact) mass is 376 g/mol. The molecule has 0 unspecified atom stereocenters. The molecule has 1 aliphatic rings. The van der Waals surface area contributed by atoms with Crippen molar-refractivity contribution in [3.8, 4) is 0 Å². The molecule has 2 rings (SSSR count). The first-order valence-electron chi connectivity index (χ1n) is 7.94. The Morgan fingerprint density at radius 1 is 1.15 bits per heavy atom. The largest absolute Gasteiger partial charge is 0.416 e. The fourth-order valence-corrected chi connectivity index (χ4v) is 3.16. The topological polar surface area (TPSA) is 92.8 Å². The van der Waals surface area contributed by atoms with Gasteiger partial charge in [-0.25, -0.2) is 0 Å². The highest BCUT2D eigenvalue weighted by Gasteiger charge is 2.39. The maximum atomic E-state index is 13.0. The molecule has 0 N–H and O–H groups in total. The summed E-state index contributed by atoms with van der Waals surface area (Å²) in [5.41, 5.74) is -3.64. The molecule has 11 heteroatoms. The van der Waals surface area contributed by atoms with Crippen LogP contribution >= 0.6 is 0 Å². The van der Waals surface area contributed by atoms with Gasteiger partial charge in [0.1, 0.15) is 0 Å². The molecule has 1 fully saturated rings. The van der Waals surface area contributed by atoms with E-state index in [4.69, 9.17) is 0 Å². The zero-order valence-electron chi connectivity index (χ0n) is 14.3. The molecule has 0 spiro atoms. The minimum atomic E-state index is -4.92. The van der Waals surface area contributed by atoms with Crippen molar-refractivity contribution in [2.75, 3.05) is 38.6 Å². The number of hydrogen-bond acceptors (Lipinski definition) is 6. The van der Waals surface area contributed by atoms with Crippen molar-refractivity contribution in [2.45, 2.75) is 19.0 Å². The van der Waals surface area contributed by atoms with Crippen LogP contribution in [0.1, 0.15) is 18.4 Å². The minimum absolute atomic E-state index is 0.151. The van der Waals surface area contributed by atoms with Crippen LogP contribution in [0.2, 0.25) is 0 Å². The van der Waals surface area contributed by atoms with E-state index in [2.05, 4.69) is 4.90 Å². The third-order valence-electron chi connectivity index (χ3n) is 4.54. The van der Waals surface area contributed by atoms with Crippen LogP contribution in [0.3, 0.4) is 0 Å². The molecule has 0 saturated carbocycles. The summed E-state index contributed by atoms with van der Waals surface area (Å²) >= 11 is 0. The highest BCUT2D eigenvalue weighted by atomic mass is 19.4. The van der Waals surface area contributed by atoms with E-state index in [1.165, 1.54) is 11.9 Å². The first-order valence-corrected chi connectivity index (χ1v) is 7.94. The smallest absolute Gasteiger partial charge is 0.363 e. The average molecular weight is 376 g/mol. The predicted molar refractivity (Wildman–Crippen MR) is 88.2 cm³/mol. The highest BCUT2D eigenvalue weighted by Crippen LogP contribution is 2.43. The number of piperidine rings is 1. The number of nitro benzene ring substituents is 2. The van der Waals surface area contributed by atoms with Crippen molar-refractivity contribution in [1.29, 1.82) is 0 Å².